The molecule has 1 saturated heterocycles. The molecule has 11 heavy (non-hydrogen) atoms. The Hall–Kier alpha value is -0.0800. The van der Waals surface area contributed by atoms with E-state index in [-0.39, 0.29) is 0 Å². The lowest BCUT2D eigenvalue weighted by Gasteiger charge is -2.25. The van der Waals surface area contributed by atoms with Gasteiger partial charge in [-0.05, 0) is 25.9 Å². The van der Waals surface area contributed by atoms with Crippen LogP contribution in [-0.2, 0) is 0 Å². The zero-order valence-corrected chi connectivity index (χ0v) is 7.68. The number of rotatable bonds is 4. The van der Waals surface area contributed by atoms with Gasteiger partial charge in [0.05, 0.1) is 13.6 Å². The van der Waals surface area contributed by atoms with Gasteiger partial charge >= 0.3 is 0 Å². The van der Waals surface area contributed by atoms with Gasteiger partial charge in [0, 0.05) is 13.0 Å². The molecule has 0 bridgehead atoms. The highest BCUT2D eigenvalue weighted by atomic mass is 15.1. The minimum atomic E-state index is 1.29. The van der Waals surface area contributed by atoms with E-state index in [1.54, 1.807) is 0 Å². The van der Waals surface area contributed by atoms with Crippen LogP contribution in [-0.4, -0.2) is 38.1 Å². The van der Waals surface area contributed by atoms with E-state index in [2.05, 4.69) is 17.3 Å². The average Bonchev–Trinajstić information content (AvgIpc) is 2.07. The van der Waals surface area contributed by atoms with E-state index in [1.807, 2.05) is 0 Å². The Bertz CT molecular complexity index is 87.6. The van der Waals surface area contributed by atoms with E-state index >= 15 is 0 Å². The number of nitrogens with zero attached hydrogens (tertiary/aromatic N) is 1. The summed E-state index contributed by atoms with van der Waals surface area (Å²) in [5, 5.41) is 2.27. The molecule has 1 fully saturated rings. The maximum atomic E-state index is 2.60. The first-order valence-electron chi connectivity index (χ1n) is 4.93. The minimum absolute atomic E-state index is 1.29. The second-order valence-electron chi connectivity index (χ2n) is 3.45. The van der Waals surface area contributed by atoms with Crippen LogP contribution in [0.25, 0.3) is 0 Å². The molecular formula is C9H21N2+. The van der Waals surface area contributed by atoms with E-state index in [1.165, 1.54) is 51.9 Å². The van der Waals surface area contributed by atoms with Crippen molar-refractivity contribution in [2.45, 2.75) is 25.7 Å². The molecule has 2 nitrogen and oxygen atoms in total. The topological polar surface area (TPSA) is 19.9 Å². The second kappa shape index (κ2) is 5.56. The van der Waals surface area contributed by atoms with E-state index in [9.17, 15) is 0 Å². The van der Waals surface area contributed by atoms with Crippen molar-refractivity contribution in [3.63, 3.8) is 0 Å². The van der Waals surface area contributed by atoms with Crippen molar-refractivity contribution in [2.24, 2.45) is 0 Å². The van der Waals surface area contributed by atoms with Crippen LogP contribution in [0.4, 0.5) is 0 Å². The summed E-state index contributed by atoms with van der Waals surface area (Å²) in [6.07, 6.45) is 5.67. The van der Waals surface area contributed by atoms with Gasteiger partial charge in [0.25, 0.3) is 0 Å². The summed E-state index contributed by atoms with van der Waals surface area (Å²) in [5.74, 6) is 0. The van der Waals surface area contributed by atoms with E-state index in [0.717, 1.165) is 0 Å². The molecule has 0 aliphatic carbocycles. The molecule has 0 aromatic heterocycles. The molecule has 2 N–H and O–H groups in total. The van der Waals surface area contributed by atoms with Gasteiger partial charge in [-0.3, -0.25) is 0 Å². The van der Waals surface area contributed by atoms with Crippen molar-refractivity contribution >= 4 is 0 Å². The number of piperidine rings is 1. The normalized spacial score (nSPS) is 20.5. The Morgan fingerprint density at radius 3 is 2.55 bits per heavy atom. The Kier molecular flexibility index (Phi) is 4.55. The lowest BCUT2D eigenvalue weighted by atomic mass is 10.1. The third kappa shape index (κ3) is 3.73. The lowest BCUT2D eigenvalue weighted by Crippen LogP contribution is -2.79. The summed E-state index contributed by atoms with van der Waals surface area (Å²) in [7, 11) is 2.15. The molecule has 0 aromatic carbocycles. The quantitative estimate of drug-likeness (QED) is 0.572. The maximum Gasteiger partial charge on any atom is 0.0765 e. The molecule has 0 aromatic rings. The largest absolute Gasteiger partial charge is 0.349 e. The van der Waals surface area contributed by atoms with Crippen LogP contribution < -0.4 is 5.32 Å². The summed E-state index contributed by atoms with van der Waals surface area (Å²) in [6.45, 7) is 5.31. The number of likely N-dealkylation sites (tertiary alicyclic amines) is 1. The van der Waals surface area contributed by atoms with Crippen LogP contribution in [0.3, 0.4) is 0 Å². The van der Waals surface area contributed by atoms with Gasteiger partial charge < -0.3 is 10.2 Å². The lowest BCUT2D eigenvalue weighted by molar-refractivity contribution is -0.627. The molecule has 1 rings (SSSR count). The first-order valence-corrected chi connectivity index (χ1v) is 4.93. The summed E-state index contributed by atoms with van der Waals surface area (Å²) in [5.41, 5.74) is 0. The van der Waals surface area contributed by atoms with Gasteiger partial charge in [-0.25, -0.2) is 0 Å². The number of nitrogens with two attached hydrogens (primary N) is 1. The maximum absolute atomic E-state index is 2.60. The van der Waals surface area contributed by atoms with E-state index in [4.69, 9.17) is 0 Å². The van der Waals surface area contributed by atoms with Crippen LogP contribution in [0.15, 0.2) is 0 Å². The molecule has 0 unspecified atom stereocenters. The van der Waals surface area contributed by atoms with E-state index < -0.39 is 0 Å². The van der Waals surface area contributed by atoms with Gasteiger partial charge in [-0.1, -0.05) is 6.42 Å². The smallest absolute Gasteiger partial charge is 0.0765 e. The third-order valence-corrected chi connectivity index (χ3v) is 2.42. The van der Waals surface area contributed by atoms with Crippen molar-refractivity contribution in [1.29, 1.82) is 0 Å². The fourth-order valence-electron chi connectivity index (χ4n) is 1.70. The van der Waals surface area contributed by atoms with Crippen molar-refractivity contribution in [2.75, 3.05) is 33.2 Å². The predicted octanol–water partition coefficient (Wildman–Crippen LogP) is 0.0556. The van der Waals surface area contributed by atoms with Gasteiger partial charge in [0.2, 0.25) is 0 Å². The van der Waals surface area contributed by atoms with Gasteiger partial charge in [0.1, 0.15) is 0 Å². The number of hydrogen-bond donors (Lipinski definition) is 1. The van der Waals surface area contributed by atoms with E-state index in [0.29, 0.717) is 0 Å². The minimum Gasteiger partial charge on any atom is -0.349 e. The van der Waals surface area contributed by atoms with Gasteiger partial charge in [-0.2, -0.15) is 0 Å². The highest BCUT2D eigenvalue weighted by Gasteiger charge is 2.08. The first-order chi connectivity index (χ1) is 5.43. The summed E-state index contributed by atoms with van der Waals surface area (Å²) in [6, 6.07) is 0. The molecule has 0 saturated carbocycles. The van der Waals surface area contributed by atoms with Gasteiger partial charge in [0.15, 0.2) is 0 Å². The molecular weight excluding hydrogens is 136 g/mol. The first kappa shape index (κ1) is 9.01. The summed E-state index contributed by atoms with van der Waals surface area (Å²) >= 11 is 0. The summed E-state index contributed by atoms with van der Waals surface area (Å²) in [4.78, 5) is 2.60. The van der Waals surface area contributed by atoms with Crippen molar-refractivity contribution in [3.8, 4) is 0 Å². The molecule has 0 spiro atoms. The fraction of sp³-hybridized carbons (Fsp3) is 1.00. The highest BCUT2D eigenvalue weighted by molar-refractivity contribution is 4.63. The molecule has 1 aliphatic rings. The predicted molar refractivity (Wildman–Crippen MR) is 47.6 cm³/mol. The molecule has 0 atom stereocenters. The van der Waals surface area contributed by atoms with Crippen molar-refractivity contribution in [3.05, 3.63) is 0 Å². The van der Waals surface area contributed by atoms with Crippen LogP contribution in [0.1, 0.15) is 25.7 Å². The monoisotopic (exact) mass is 157 g/mol. The Morgan fingerprint density at radius 2 is 1.91 bits per heavy atom. The third-order valence-electron chi connectivity index (χ3n) is 2.42. The highest BCUT2D eigenvalue weighted by Crippen LogP contribution is 2.07. The standard InChI is InChI=1S/C9H20N2/c1-10-6-5-9-11-7-3-2-4-8-11/h10H,2-9H2,1H3/p+1. The average molecular weight is 157 g/mol. The molecule has 0 radical (unpaired) electrons. The van der Waals surface area contributed by atoms with Crippen LogP contribution in [0.5, 0.6) is 0 Å². The molecule has 0 amide bonds. The zero-order chi connectivity index (χ0) is 7.94. The Morgan fingerprint density at radius 1 is 1.18 bits per heavy atom. The Labute approximate surface area is 70.0 Å². The number of quaternary nitrogens is 1. The Balaban J connectivity index is 1.96. The molecule has 2 heteroatoms. The van der Waals surface area contributed by atoms with Crippen LogP contribution in [0, 0.1) is 0 Å². The summed E-state index contributed by atoms with van der Waals surface area (Å²) < 4.78 is 0. The molecule has 1 heterocycles. The fourth-order valence-corrected chi connectivity index (χ4v) is 1.70. The van der Waals surface area contributed by atoms with Crippen LogP contribution >= 0.6 is 0 Å². The SMILES string of the molecule is C[NH2+]CCCN1CCCCC1. The van der Waals surface area contributed by atoms with Crippen molar-refractivity contribution < 1.29 is 5.32 Å². The van der Waals surface area contributed by atoms with Crippen molar-refractivity contribution in [1.82, 2.24) is 4.90 Å². The van der Waals surface area contributed by atoms with Crippen LogP contribution in [0.2, 0.25) is 0 Å². The zero-order valence-electron chi connectivity index (χ0n) is 7.68. The number of hydrogen-bond acceptors (Lipinski definition) is 1. The molecule has 66 valence electrons. The molecule has 1 aliphatic heterocycles. The van der Waals surface area contributed by atoms with Gasteiger partial charge in [-0.15, -0.1) is 0 Å². The second-order valence-corrected chi connectivity index (χ2v) is 3.45.